The van der Waals surface area contributed by atoms with Gasteiger partial charge in [0.2, 0.25) is 0 Å². The Hall–Kier alpha value is -3.19. The normalized spacial score (nSPS) is 13.5. The monoisotopic (exact) mass is 423 g/mol. The SMILES string of the molecule is Cc1cccc(NC(=O)c2nn(-c3cccc(Cl)c3)nc2C)c1C(=O)N1CCCC1. The molecule has 0 radical (unpaired) electrons. The lowest BCUT2D eigenvalue weighted by atomic mass is 10.0. The molecule has 0 spiro atoms. The van der Waals surface area contributed by atoms with Gasteiger partial charge in [0.25, 0.3) is 11.8 Å². The lowest BCUT2D eigenvalue weighted by Gasteiger charge is -2.19. The van der Waals surface area contributed by atoms with Crippen LogP contribution in [0.3, 0.4) is 0 Å². The highest BCUT2D eigenvalue weighted by Crippen LogP contribution is 2.24. The van der Waals surface area contributed by atoms with Crippen LogP contribution in [0.5, 0.6) is 0 Å². The Morgan fingerprint density at radius 1 is 1.03 bits per heavy atom. The molecule has 3 aromatic rings. The lowest BCUT2D eigenvalue weighted by molar-refractivity contribution is 0.0793. The zero-order chi connectivity index (χ0) is 21.3. The van der Waals surface area contributed by atoms with Crippen molar-refractivity contribution >= 4 is 29.1 Å². The molecule has 1 N–H and O–H groups in total. The fourth-order valence-electron chi connectivity index (χ4n) is 3.62. The van der Waals surface area contributed by atoms with E-state index in [1.807, 2.05) is 24.0 Å². The Morgan fingerprint density at radius 3 is 2.50 bits per heavy atom. The summed E-state index contributed by atoms with van der Waals surface area (Å²) in [4.78, 5) is 29.2. The van der Waals surface area contributed by atoms with Crippen molar-refractivity contribution in [2.24, 2.45) is 0 Å². The van der Waals surface area contributed by atoms with Crippen molar-refractivity contribution in [1.82, 2.24) is 19.9 Å². The number of hydrogen-bond acceptors (Lipinski definition) is 4. The van der Waals surface area contributed by atoms with Crippen molar-refractivity contribution in [2.45, 2.75) is 26.7 Å². The number of carbonyl (C=O) groups is 2. The van der Waals surface area contributed by atoms with Crippen LogP contribution in [0, 0.1) is 13.8 Å². The second-order valence-electron chi connectivity index (χ2n) is 7.35. The van der Waals surface area contributed by atoms with Gasteiger partial charge >= 0.3 is 0 Å². The third-order valence-corrected chi connectivity index (χ3v) is 5.40. The number of aromatic nitrogens is 3. The van der Waals surface area contributed by atoms with Crippen LogP contribution in [0.15, 0.2) is 42.5 Å². The van der Waals surface area contributed by atoms with Crippen molar-refractivity contribution in [3.8, 4) is 5.69 Å². The zero-order valence-electron chi connectivity index (χ0n) is 16.9. The molecular weight excluding hydrogens is 402 g/mol. The maximum absolute atomic E-state index is 13.0. The highest BCUT2D eigenvalue weighted by Gasteiger charge is 2.25. The van der Waals surface area contributed by atoms with Gasteiger partial charge < -0.3 is 10.2 Å². The standard InChI is InChI=1S/C22H22ClN5O2/c1-14-7-5-10-18(19(14)22(30)27-11-3-4-12-27)24-21(29)20-15(2)25-28(26-20)17-9-6-8-16(23)13-17/h5-10,13H,3-4,11-12H2,1-2H3,(H,24,29). The van der Waals surface area contributed by atoms with Crippen LogP contribution in [0.2, 0.25) is 5.02 Å². The van der Waals surface area contributed by atoms with E-state index in [1.165, 1.54) is 4.80 Å². The molecule has 0 bridgehead atoms. The van der Waals surface area contributed by atoms with Crippen molar-refractivity contribution in [3.63, 3.8) is 0 Å². The number of halogens is 1. The molecule has 7 nitrogen and oxygen atoms in total. The van der Waals surface area contributed by atoms with Crippen LogP contribution in [0.1, 0.15) is 44.9 Å². The number of likely N-dealkylation sites (tertiary alicyclic amines) is 1. The average Bonchev–Trinajstić information content (AvgIpc) is 3.38. The summed E-state index contributed by atoms with van der Waals surface area (Å²) in [6, 6.07) is 12.5. The van der Waals surface area contributed by atoms with Crippen molar-refractivity contribution < 1.29 is 9.59 Å². The maximum Gasteiger partial charge on any atom is 0.278 e. The number of anilines is 1. The van der Waals surface area contributed by atoms with E-state index in [2.05, 4.69) is 15.5 Å². The minimum atomic E-state index is -0.415. The summed E-state index contributed by atoms with van der Waals surface area (Å²) in [6.45, 7) is 5.08. The summed E-state index contributed by atoms with van der Waals surface area (Å²) in [5.74, 6) is -0.470. The topological polar surface area (TPSA) is 80.1 Å². The number of carbonyl (C=O) groups excluding carboxylic acids is 2. The first-order valence-electron chi connectivity index (χ1n) is 9.84. The zero-order valence-corrected chi connectivity index (χ0v) is 17.6. The largest absolute Gasteiger partial charge is 0.339 e. The van der Waals surface area contributed by atoms with Gasteiger partial charge in [-0.2, -0.15) is 9.90 Å². The number of hydrogen-bond donors (Lipinski definition) is 1. The molecule has 0 saturated carbocycles. The van der Waals surface area contributed by atoms with Gasteiger partial charge in [-0.1, -0.05) is 29.8 Å². The first kappa shape index (κ1) is 20.1. The fraction of sp³-hybridized carbons (Fsp3) is 0.273. The van der Waals surface area contributed by atoms with E-state index < -0.39 is 5.91 Å². The molecule has 1 aromatic heterocycles. The van der Waals surface area contributed by atoms with Gasteiger partial charge in [0.1, 0.15) is 0 Å². The lowest BCUT2D eigenvalue weighted by Crippen LogP contribution is -2.29. The molecule has 4 rings (SSSR count). The molecule has 1 fully saturated rings. The Kier molecular flexibility index (Phi) is 5.55. The smallest absolute Gasteiger partial charge is 0.278 e. The van der Waals surface area contributed by atoms with Crippen molar-refractivity contribution in [3.05, 3.63) is 70.0 Å². The first-order valence-corrected chi connectivity index (χ1v) is 10.2. The van der Waals surface area contributed by atoms with Gasteiger partial charge in [-0.15, -0.1) is 5.10 Å². The predicted molar refractivity (Wildman–Crippen MR) is 115 cm³/mol. The van der Waals surface area contributed by atoms with Crippen molar-refractivity contribution in [2.75, 3.05) is 18.4 Å². The number of aryl methyl sites for hydroxylation is 2. The summed E-state index contributed by atoms with van der Waals surface area (Å²) >= 11 is 6.04. The Morgan fingerprint density at radius 2 is 1.77 bits per heavy atom. The highest BCUT2D eigenvalue weighted by molar-refractivity contribution is 6.30. The summed E-state index contributed by atoms with van der Waals surface area (Å²) in [6.07, 6.45) is 2.01. The van der Waals surface area contributed by atoms with E-state index in [1.54, 1.807) is 37.3 Å². The number of nitrogens with zero attached hydrogens (tertiary/aromatic N) is 4. The number of nitrogens with one attached hydrogen (secondary N) is 1. The third-order valence-electron chi connectivity index (χ3n) is 5.16. The number of benzene rings is 2. The number of amides is 2. The minimum Gasteiger partial charge on any atom is -0.339 e. The predicted octanol–water partition coefficient (Wildman–Crippen LogP) is 4.03. The van der Waals surface area contributed by atoms with Crippen molar-refractivity contribution in [1.29, 1.82) is 0 Å². The molecule has 0 aliphatic carbocycles. The van der Waals surface area contributed by atoms with Gasteiger partial charge in [-0.3, -0.25) is 9.59 Å². The molecular formula is C22H22ClN5O2. The number of rotatable bonds is 4. The van der Waals surface area contributed by atoms with E-state index in [9.17, 15) is 9.59 Å². The van der Waals surface area contributed by atoms with E-state index in [0.717, 1.165) is 31.5 Å². The maximum atomic E-state index is 13.0. The molecule has 1 aliphatic rings. The molecule has 2 amide bonds. The third kappa shape index (κ3) is 3.93. The van der Waals surface area contributed by atoms with E-state index in [0.29, 0.717) is 27.7 Å². The first-order chi connectivity index (χ1) is 14.4. The van der Waals surface area contributed by atoms with Gasteiger partial charge in [-0.05, 0) is 56.5 Å². The molecule has 2 aromatic carbocycles. The summed E-state index contributed by atoms with van der Waals surface area (Å²) in [7, 11) is 0. The van der Waals surface area contributed by atoms with Crippen LogP contribution < -0.4 is 5.32 Å². The molecule has 0 unspecified atom stereocenters. The summed E-state index contributed by atoms with van der Waals surface area (Å²) in [5.41, 5.74) is 3.15. The second kappa shape index (κ2) is 8.28. The Bertz CT molecular complexity index is 1120. The van der Waals surface area contributed by atoms with Gasteiger partial charge in [0, 0.05) is 18.1 Å². The molecule has 154 valence electrons. The fourth-order valence-corrected chi connectivity index (χ4v) is 3.80. The molecule has 30 heavy (non-hydrogen) atoms. The van der Waals surface area contributed by atoms with E-state index >= 15 is 0 Å². The van der Waals surface area contributed by atoms with E-state index in [-0.39, 0.29) is 11.6 Å². The summed E-state index contributed by atoms with van der Waals surface area (Å²) in [5, 5.41) is 12.1. The molecule has 1 aliphatic heterocycles. The molecule has 1 saturated heterocycles. The van der Waals surface area contributed by atoms with Crippen LogP contribution in [-0.2, 0) is 0 Å². The Balaban J connectivity index is 1.62. The molecule has 0 atom stereocenters. The van der Waals surface area contributed by atoms with Crippen LogP contribution in [-0.4, -0.2) is 44.8 Å². The Labute approximate surface area is 179 Å². The van der Waals surface area contributed by atoms with Crippen LogP contribution in [0.25, 0.3) is 5.69 Å². The van der Waals surface area contributed by atoms with Gasteiger partial charge in [0.15, 0.2) is 5.69 Å². The van der Waals surface area contributed by atoms with E-state index in [4.69, 9.17) is 11.6 Å². The second-order valence-corrected chi connectivity index (χ2v) is 7.79. The minimum absolute atomic E-state index is 0.0554. The average molecular weight is 424 g/mol. The van der Waals surface area contributed by atoms with Crippen LogP contribution >= 0.6 is 11.6 Å². The van der Waals surface area contributed by atoms with Crippen LogP contribution in [0.4, 0.5) is 5.69 Å². The van der Waals surface area contributed by atoms with Gasteiger partial charge in [-0.25, -0.2) is 0 Å². The molecule has 2 heterocycles. The van der Waals surface area contributed by atoms with Gasteiger partial charge in [0.05, 0.1) is 22.6 Å². The molecule has 8 heteroatoms. The quantitative estimate of drug-likeness (QED) is 0.687. The highest BCUT2D eigenvalue weighted by atomic mass is 35.5. The summed E-state index contributed by atoms with van der Waals surface area (Å²) < 4.78 is 0.